The van der Waals surface area contributed by atoms with Crippen LogP contribution in [0.2, 0.25) is 0 Å². The Morgan fingerprint density at radius 2 is 2.13 bits per heavy atom. The number of benzene rings is 1. The summed E-state index contributed by atoms with van der Waals surface area (Å²) in [6.07, 6.45) is 2.35. The van der Waals surface area contributed by atoms with Crippen LogP contribution in [0.5, 0.6) is 0 Å². The van der Waals surface area contributed by atoms with Gasteiger partial charge in [-0.2, -0.15) is 0 Å². The van der Waals surface area contributed by atoms with Gasteiger partial charge in [0.25, 0.3) is 5.56 Å². The predicted octanol–water partition coefficient (Wildman–Crippen LogP) is 1.02. The zero-order chi connectivity index (χ0) is 15.7. The monoisotopic (exact) mass is 336 g/mol. The van der Waals surface area contributed by atoms with Gasteiger partial charge in [0.05, 0.1) is 17.2 Å². The lowest BCUT2D eigenvalue weighted by atomic mass is 9.90. The maximum atomic E-state index is 12.4. The van der Waals surface area contributed by atoms with Crippen molar-refractivity contribution >= 4 is 29.2 Å². The molecule has 0 saturated carbocycles. The van der Waals surface area contributed by atoms with Crippen molar-refractivity contribution in [3.05, 3.63) is 40.9 Å². The molecule has 0 aliphatic carbocycles. The Morgan fingerprint density at radius 3 is 2.83 bits per heavy atom. The van der Waals surface area contributed by atoms with Gasteiger partial charge in [0.15, 0.2) is 0 Å². The number of hydrogen-bond acceptors (Lipinski definition) is 4. The molecule has 1 aromatic heterocycles. The van der Waals surface area contributed by atoms with E-state index < -0.39 is 0 Å². The van der Waals surface area contributed by atoms with Crippen molar-refractivity contribution in [2.45, 2.75) is 19.9 Å². The number of fused-ring (bicyclic) bond motifs is 1. The summed E-state index contributed by atoms with van der Waals surface area (Å²) in [5, 5.41) is 0.533. The molecule has 1 amide bonds. The number of hydrogen-bond donors (Lipinski definition) is 1. The fourth-order valence-electron chi connectivity index (χ4n) is 2.87. The smallest absolute Gasteiger partial charge is 0.261 e. The second-order valence-electron chi connectivity index (χ2n) is 6.27. The third-order valence-corrected chi connectivity index (χ3v) is 4.44. The van der Waals surface area contributed by atoms with Crippen LogP contribution >= 0.6 is 12.4 Å². The fourth-order valence-corrected chi connectivity index (χ4v) is 2.87. The highest BCUT2D eigenvalue weighted by molar-refractivity contribution is 5.85. The molecular weight excluding hydrogens is 316 g/mol. The summed E-state index contributed by atoms with van der Waals surface area (Å²) < 4.78 is 1.38. The van der Waals surface area contributed by atoms with Crippen molar-refractivity contribution in [3.8, 4) is 0 Å². The van der Waals surface area contributed by atoms with E-state index in [-0.39, 0.29) is 35.8 Å². The lowest BCUT2D eigenvalue weighted by Gasteiger charge is -2.22. The molecule has 2 heterocycles. The number of nitrogens with zero attached hydrogens (tertiary/aromatic N) is 3. The van der Waals surface area contributed by atoms with Gasteiger partial charge < -0.3 is 10.6 Å². The molecular formula is C16H21ClN4O2. The van der Waals surface area contributed by atoms with Gasteiger partial charge in [-0.25, -0.2) is 4.98 Å². The normalized spacial score (nSPS) is 20.5. The van der Waals surface area contributed by atoms with E-state index in [1.54, 1.807) is 23.1 Å². The van der Waals surface area contributed by atoms with Gasteiger partial charge in [-0.3, -0.25) is 14.2 Å². The molecule has 0 spiro atoms. The molecule has 1 atom stereocenters. The van der Waals surface area contributed by atoms with Crippen molar-refractivity contribution in [2.24, 2.45) is 11.1 Å². The minimum absolute atomic E-state index is 0. The number of para-hydroxylation sites is 1. The van der Waals surface area contributed by atoms with Crippen LogP contribution in [0.1, 0.15) is 13.3 Å². The summed E-state index contributed by atoms with van der Waals surface area (Å²) in [5.74, 6) is -0.0589. The molecule has 1 unspecified atom stereocenters. The van der Waals surface area contributed by atoms with E-state index in [1.165, 1.54) is 10.9 Å². The quantitative estimate of drug-likeness (QED) is 0.907. The number of carbonyl (C=O) groups is 1. The van der Waals surface area contributed by atoms with E-state index in [4.69, 9.17) is 5.73 Å². The minimum Gasteiger partial charge on any atom is -0.341 e. The maximum Gasteiger partial charge on any atom is 0.261 e. The van der Waals surface area contributed by atoms with Crippen LogP contribution in [-0.4, -0.2) is 40.0 Å². The lowest BCUT2D eigenvalue weighted by Crippen LogP contribution is -2.38. The van der Waals surface area contributed by atoms with Crippen molar-refractivity contribution in [1.29, 1.82) is 0 Å². The zero-order valence-electron chi connectivity index (χ0n) is 13.1. The molecule has 1 aromatic carbocycles. The van der Waals surface area contributed by atoms with E-state index in [9.17, 15) is 9.59 Å². The molecule has 1 aliphatic rings. The van der Waals surface area contributed by atoms with Gasteiger partial charge in [0, 0.05) is 13.1 Å². The molecule has 2 N–H and O–H groups in total. The maximum absolute atomic E-state index is 12.4. The Hall–Kier alpha value is -1.92. The zero-order valence-corrected chi connectivity index (χ0v) is 13.9. The molecule has 1 fully saturated rings. The van der Waals surface area contributed by atoms with Crippen molar-refractivity contribution in [1.82, 2.24) is 14.5 Å². The largest absolute Gasteiger partial charge is 0.341 e. The summed E-state index contributed by atoms with van der Waals surface area (Å²) in [6.45, 7) is 4.02. The van der Waals surface area contributed by atoms with Crippen LogP contribution in [0.4, 0.5) is 0 Å². The molecule has 6 nitrogen and oxygen atoms in total. The van der Waals surface area contributed by atoms with Gasteiger partial charge in [-0.15, -0.1) is 12.4 Å². The van der Waals surface area contributed by atoms with E-state index in [0.717, 1.165) is 6.42 Å². The van der Waals surface area contributed by atoms with Crippen LogP contribution in [0.3, 0.4) is 0 Å². The van der Waals surface area contributed by atoms with Gasteiger partial charge >= 0.3 is 0 Å². The molecule has 1 saturated heterocycles. The number of nitrogens with two attached hydrogens (primary N) is 1. The third kappa shape index (κ3) is 3.38. The molecule has 3 rings (SSSR count). The van der Waals surface area contributed by atoms with Crippen molar-refractivity contribution in [2.75, 3.05) is 19.6 Å². The van der Waals surface area contributed by atoms with Crippen LogP contribution in [0.25, 0.3) is 10.9 Å². The summed E-state index contributed by atoms with van der Waals surface area (Å²) in [6, 6.07) is 7.15. The summed E-state index contributed by atoms with van der Waals surface area (Å²) in [7, 11) is 0. The average Bonchev–Trinajstić information content (AvgIpc) is 2.94. The Kier molecular flexibility index (Phi) is 5.06. The highest BCUT2D eigenvalue weighted by Gasteiger charge is 2.34. The van der Waals surface area contributed by atoms with Gasteiger partial charge in [0.1, 0.15) is 6.54 Å². The number of rotatable bonds is 3. The summed E-state index contributed by atoms with van der Waals surface area (Å²) in [5.41, 5.74) is 6.22. The SMILES string of the molecule is CC1(CN)CCN(C(=O)Cn2cnc3ccccc3c2=O)C1.Cl. The fraction of sp³-hybridized carbons (Fsp3) is 0.438. The van der Waals surface area contributed by atoms with Crippen molar-refractivity contribution in [3.63, 3.8) is 0 Å². The average molecular weight is 337 g/mol. The van der Waals surface area contributed by atoms with Crippen LogP contribution < -0.4 is 11.3 Å². The first-order valence-electron chi connectivity index (χ1n) is 7.44. The Bertz CT molecular complexity index is 776. The molecule has 2 aromatic rings. The van der Waals surface area contributed by atoms with Crippen LogP contribution in [0, 0.1) is 5.41 Å². The van der Waals surface area contributed by atoms with E-state index in [0.29, 0.717) is 30.5 Å². The van der Waals surface area contributed by atoms with Crippen LogP contribution in [-0.2, 0) is 11.3 Å². The topological polar surface area (TPSA) is 81.2 Å². The number of halogens is 1. The standard InChI is InChI=1S/C16H20N4O2.ClH/c1-16(9-17)6-7-19(10-16)14(21)8-20-11-18-13-5-3-2-4-12(13)15(20)22;/h2-5,11H,6-10,17H2,1H3;1H. The second kappa shape index (κ2) is 6.68. The minimum atomic E-state index is -0.181. The molecule has 124 valence electrons. The summed E-state index contributed by atoms with van der Waals surface area (Å²) >= 11 is 0. The molecule has 0 radical (unpaired) electrons. The van der Waals surface area contributed by atoms with Crippen LogP contribution in [0.15, 0.2) is 35.4 Å². The first-order valence-corrected chi connectivity index (χ1v) is 7.44. The highest BCUT2D eigenvalue weighted by atomic mass is 35.5. The van der Waals surface area contributed by atoms with E-state index in [2.05, 4.69) is 11.9 Å². The van der Waals surface area contributed by atoms with Crippen molar-refractivity contribution < 1.29 is 4.79 Å². The molecule has 0 bridgehead atoms. The Labute approximate surface area is 140 Å². The number of likely N-dealkylation sites (tertiary alicyclic amines) is 1. The predicted molar refractivity (Wildman–Crippen MR) is 91.6 cm³/mol. The second-order valence-corrected chi connectivity index (χ2v) is 6.27. The Balaban J connectivity index is 0.00000192. The highest BCUT2D eigenvalue weighted by Crippen LogP contribution is 2.28. The van der Waals surface area contributed by atoms with Gasteiger partial charge in [-0.1, -0.05) is 19.1 Å². The number of carbonyl (C=O) groups excluding carboxylic acids is 1. The molecule has 7 heteroatoms. The first kappa shape index (κ1) is 17.4. The van der Waals surface area contributed by atoms with E-state index >= 15 is 0 Å². The summed E-state index contributed by atoms with van der Waals surface area (Å²) in [4.78, 5) is 30.8. The van der Waals surface area contributed by atoms with Gasteiger partial charge in [0.2, 0.25) is 5.91 Å². The molecule has 1 aliphatic heterocycles. The van der Waals surface area contributed by atoms with E-state index in [1.807, 2.05) is 6.07 Å². The number of amides is 1. The Morgan fingerprint density at radius 1 is 1.39 bits per heavy atom. The number of aromatic nitrogens is 2. The van der Waals surface area contributed by atoms with Gasteiger partial charge in [-0.05, 0) is 30.5 Å². The lowest BCUT2D eigenvalue weighted by molar-refractivity contribution is -0.131. The molecule has 23 heavy (non-hydrogen) atoms. The first-order chi connectivity index (χ1) is 10.5. The third-order valence-electron chi connectivity index (χ3n) is 4.44.